The normalized spacial score (nSPS) is 17.9. The Morgan fingerprint density at radius 1 is 0.929 bits per heavy atom. The van der Waals surface area contributed by atoms with Crippen molar-refractivity contribution in [2.75, 3.05) is 43.9 Å². The van der Waals surface area contributed by atoms with Crippen molar-refractivity contribution >= 4 is 37.2 Å². The molecule has 2 fully saturated rings. The Balaban J connectivity index is 1.42. The monoisotopic (exact) mass is 611 g/mol. The first kappa shape index (κ1) is 31.0. The fourth-order valence-corrected chi connectivity index (χ4v) is 8.29. The van der Waals surface area contributed by atoms with Gasteiger partial charge in [0.2, 0.25) is 9.84 Å². The summed E-state index contributed by atoms with van der Waals surface area (Å²) in [6.45, 7) is 6.69. The van der Waals surface area contributed by atoms with Gasteiger partial charge in [0.25, 0.3) is 0 Å². The highest BCUT2D eigenvalue weighted by Gasteiger charge is 2.31. The first-order valence-corrected chi connectivity index (χ1v) is 18.7. The average Bonchev–Trinajstić information content (AvgIpc) is 3.02. The number of nitrogens with zero attached hydrogens (tertiary/aromatic N) is 3. The molecule has 7 nitrogen and oxygen atoms in total. The Bertz CT molecular complexity index is 1460. The van der Waals surface area contributed by atoms with Crippen molar-refractivity contribution in [3.05, 3.63) is 48.7 Å². The molecule has 228 valence electrons. The largest absolute Gasteiger partial charge is 0.494 e. The van der Waals surface area contributed by atoms with E-state index in [1.54, 1.807) is 30.5 Å². The van der Waals surface area contributed by atoms with E-state index in [1.165, 1.54) is 44.7 Å². The summed E-state index contributed by atoms with van der Waals surface area (Å²) in [5, 5.41) is 0.739. The van der Waals surface area contributed by atoms with Gasteiger partial charge in [0.05, 0.1) is 22.7 Å². The van der Waals surface area contributed by atoms with Crippen LogP contribution < -0.4 is 9.64 Å². The van der Waals surface area contributed by atoms with Gasteiger partial charge in [-0.25, -0.2) is 8.42 Å². The number of unbranched alkanes of at least 4 members (excludes halogenated alkanes) is 4. The van der Waals surface area contributed by atoms with E-state index >= 15 is 0 Å². The van der Waals surface area contributed by atoms with Crippen LogP contribution in [-0.4, -0.2) is 67.6 Å². The summed E-state index contributed by atoms with van der Waals surface area (Å²) in [6.07, 6.45) is 14.8. The van der Waals surface area contributed by atoms with Crippen molar-refractivity contribution in [1.82, 2.24) is 9.88 Å². The molecule has 0 radical (unpaired) electrons. The molecule has 0 N–H and O–H groups in total. The molecule has 0 bridgehead atoms. The van der Waals surface area contributed by atoms with Gasteiger partial charge in [0.1, 0.15) is 10.6 Å². The molecule has 0 spiro atoms. The van der Waals surface area contributed by atoms with E-state index in [1.807, 2.05) is 18.2 Å². The van der Waals surface area contributed by atoms with Crippen molar-refractivity contribution in [3.8, 4) is 5.75 Å². The molecule has 9 heteroatoms. The minimum absolute atomic E-state index is 0.204. The van der Waals surface area contributed by atoms with Crippen LogP contribution >= 0.6 is 0 Å². The highest BCUT2D eigenvalue weighted by Crippen LogP contribution is 2.38. The Labute approximate surface area is 254 Å². The molecule has 2 aromatic carbocycles. The van der Waals surface area contributed by atoms with E-state index in [2.05, 4.69) is 21.7 Å². The number of hydrogen-bond acceptors (Lipinski definition) is 7. The number of fused-ring (bicyclic) bond motifs is 1. The van der Waals surface area contributed by atoms with Crippen LogP contribution in [0.1, 0.15) is 71.1 Å². The van der Waals surface area contributed by atoms with E-state index in [0.29, 0.717) is 34.5 Å². The third-order valence-electron chi connectivity index (χ3n) is 8.74. The molecular weight excluding hydrogens is 567 g/mol. The number of ether oxygens (including phenoxy) is 1. The summed E-state index contributed by atoms with van der Waals surface area (Å²) >= 11 is 0. The van der Waals surface area contributed by atoms with Crippen molar-refractivity contribution in [2.45, 2.75) is 91.9 Å². The summed E-state index contributed by atoms with van der Waals surface area (Å²) in [7, 11) is -5.07. The first-order valence-electron chi connectivity index (χ1n) is 15.6. The van der Waals surface area contributed by atoms with Gasteiger partial charge in [-0.2, -0.15) is 0 Å². The van der Waals surface area contributed by atoms with Crippen LogP contribution in [0.3, 0.4) is 0 Å². The molecule has 1 unspecified atom stereocenters. The van der Waals surface area contributed by atoms with Crippen LogP contribution in [0.5, 0.6) is 5.75 Å². The molecule has 2 aliphatic rings. The summed E-state index contributed by atoms with van der Waals surface area (Å²) < 4.78 is 46.6. The van der Waals surface area contributed by atoms with E-state index < -0.39 is 20.6 Å². The molecule has 1 aromatic heterocycles. The maximum Gasteiger partial charge on any atom is 0.210 e. The molecule has 2 saturated heterocycles. The molecule has 2 aliphatic heterocycles. The summed E-state index contributed by atoms with van der Waals surface area (Å²) in [5.41, 5.74) is 1.38. The van der Waals surface area contributed by atoms with Crippen molar-refractivity contribution in [3.63, 3.8) is 0 Å². The zero-order chi connectivity index (χ0) is 29.5. The molecule has 0 saturated carbocycles. The zero-order valence-electron chi connectivity index (χ0n) is 25.1. The number of sulfone groups is 1. The van der Waals surface area contributed by atoms with Crippen LogP contribution in [0.4, 0.5) is 5.69 Å². The van der Waals surface area contributed by atoms with E-state index in [-0.39, 0.29) is 9.79 Å². The molecule has 3 heterocycles. The van der Waals surface area contributed by atoms with E-state index in [9.17, 15) is 12.6 Å². The molecule has 42 heavy (non-hydrogen) atoms. The number of hydrogen-bond donors (Lipinski definition) is 0. The van der Waals surface area contributed by atoms with Gasteiger partial charge in [0.15, 0.2) is 0 Å². The third-order valence-corrected chi connectivity index (χ3v) is 11.4. The number of likely N-dealkylation sites (tertiary alicyclic amines) is 1. The highest BCUT2D eigenvalue weighted by atomic mass is 32.2. The molecular formula is C33H45N3O4S2. The Hall–Kier alpha value is -2.49. The predicted molar refractivity (Wildman–Crippen MR) is 171 cm³/mol. The SMILES string of the molecule is CCCCCCCOc1ccc(S(=O)(=O)c2cnc3ccc(S(C)=O)cc3c2N2CCC(N3CCCCC3)CC2)cc1. The van der Waals surface area contributed by atoms with Crippen LogP contribution in [0, 0.1) is 0 Å². The quantitative estimate of drug-likeness (QED) is 0.213. The summed E-state index contributed by atoms with van der Waals surface area (Å²) in [6, 6.07) is 12.8. The minimum Gasteiger partial charge on any atom is -0.494 e. The Kier molecular flexibility index (Phi) is 10.6. The second-order valence-corrected chi connectivity index (χ2v) is 15.0. The maximum atomic E-state index is 14.2. The van der Waals surface area contributed by atoms with E-state index in [4.69, 9.17) is 4.74 Å². The summed E-state index contributed by atoms with van der Waals surface area (Å²) in [4.78, 5) is 10.5. The minimum atomic E-state index is -3.88. The standard InChI is InChI=1S/C33H45N3O4S2/c1-3-4-5-6-10-23-40-27-11-14-29(15-12-27)42(38,39)32-25-34-31-16-13-28(41(2)37)24-30(31)33(32)36-21-17-26(18-22-36)35-19-8-7-9-20-35/h11-16,24-26H,3-10,17-23H2,1-2H3. The Morgan fingerprint density at radius 3 is 2.33 bits per heavy atom. The number of benzene rings is 2. The second-order valence-electron chi connectivity index (χ2n) is 11.7. The van der Waals surface area contributed by atoms with Gasteiger partial charge in [-0.3, -0.25) is 9.19 Å². The van der Waals surface area contributed by atoms with Crippen molar-refractivity contribution in [1.29, 1.82) is 0 Å². The fraction of sp³-hybridized carbons (Fsp3) is 0.545. The van der Waals surface area contributed by atoms with Crippen LogP contribution in [-0.2, 0) is 20.6 Å². The number of pyridine rings is 1. The lowest BCUT2D eigenvalue weighted by molar-refractivity contribution is 0.141. The number of anilines is 1. The lowest BCUT2D eigenvalue weighted by Gasteiger charge is -2.41. The van der Waals surface area contributed by atoms with Gasteiger partial charge in [-0.15, -0.1) is 0 Å². The van der Waals surface area contributed by atoms with Gasteiger partial charge < -0.3 is 14.5 Å². The van der Waals surface area contributed by atoms with Gasteiger partial charge in [-0.05, 0) is 87.7 Å². The predicted octanol–water partition coefficient (Wildman–Crippen LogP) is 6.61. The molecule has 1 atom stereocenters. The third kappa shape index (κ3) is 7.17. The molecule has 3 aromatic rings. The van der Waals surface area contributed by atoms with Gasteiger partial charge in [0, 0.05) is 52.7 Å². The van der Waals surface area contributed by atoms with Crippen molar-refractivity contribution in [2.24, 2.45) is 0 Å². The molecule has 5 rings (SSSR count). The Morgan fingerprint density at radius 2 is 1.64 bits per heavy atom. The molecule has 0 amide bonds. The smallest absolute Gasteiger partial charge is 0.210 e. The van der Waals surface area contributed by atoms with Crippen molar-refractivity contribution < 1.29 is 17.4 Å². The zero-order valence-corrected chi connectivity index (χ0v) is 26.7. The number of piperidine rings is 2. The topological polar surface area (TPSA) is 79.8 Å². The lowest BCUT2D eigenvalue weighted by Crippen LogP contribution is -2.47. The average molecular weight is 612 g/mol. The molecule has 0 aliphatic carbocycles. The van der Waals surface area contributed by atoms with Gasteiger partial charge >= 0.3 is 0 Å². The number of aromatic nitrogens is 1. The lowest BCUT2D eigenvalue weighted by atomic mass is 9.99. The van der Waals surface area contributed by atoms with Crippen LogP contribution in [0.15, 0.2) is 63.3 Å². The highest BCUT2D eigenvalue weighted by molar-refractivity contribution is 7.91. The van der Waals surface area contributed by atoms with Crippen LogP contribution in [0.2, 0.25) is 0 Å². The van der Waals surface area contributed by atoms with E-state index in [0.717, 1.165) is 57.2 Å². The van der Waals surface area contributed by atoms with Gasteiger partial charge in [-0.1, -0.05) is 39.0 Å². The fourth-order valence-electron chi connectivity index (χ4n) is 6.32. The number of rotatable bonds is 12. The van der Waals surface area contributed by atoms with Crippen LogP contribution in [0.25, 0.3) is 10.9 Å². The first-order chi connectivity index (χ1) is 20.4. The summed E-state index contributed by atoms with van der Waals surface area (Å²) in [5.74, 6) is 0.677. The maximum absolute atomic E-state index is 14.2. The second kappa shape index (κ2) is 14.3.